The molecule has 1 aromatic rings. The molecule has 1 atom stereocenters. The lowest BCUT2D eigenvalue weighted by Gasteiger charge is -2.34. The second-order valence-electron chi connectivity index (χ2n) is 4.26. The van der Waals surface area contributed by atoms with Crippen LogP contribution in [-0.4, -0.2) is 42.8 Å². The van der Waals surface area contributed by atoms with Crippen LogP contribution >= 0.6 is 11.6 Å². The molecule has 17 heavy (non-hydrogen) atoms. The number of halogens is 1. The van der Waals surface area contributed by atoms with Crippen molar-refractivity contribution in [1.82, 2.24) is 10.2 Å². The van der Waals surface area contributed by atoms with E-state index in [0.717, 1.165) is 31.7 Å². The zero-order chi connectivity index (χ0) is 12.3. The molecule has 0 spiro atoms. The highest BCUT2D eigenvalue weighted by atomic mass is 35.5. The van der Waals surface area contributed by atoms with Crippen LogP contribution in [0.5, 0.6) is 0 Å². The van der Waals surface area contributed by atoms with Gasteiger partial charge in [-0.2, -0.15) is 0 Å². The lowest BCUT2D eigenvalue weighted by molar-refractivity contribution is 0.111. The van der Waals surface area contributed by atoms with Crippen LogP contribution in [-0.2, 0) is 0 Å². The molecule has 0 aliphatic carbocycles. The normalized spacial score (nSPS) is 19.2. The van der Waals surface area contributed by atoms with Crippen molar-refractivity contribution in [2.45, 2.75) is 6.04 Å². The Morgan fingerprint density at radius 3 is 2.76 bits per heavy atom. The van der Waals surface area contributed by atoms with Gasteiger partial charge in [-0.3, -0.25) is 4.90 Å². The van der Waals surface area contributed by atoms with Crippen LogP contribution in [0.1, 0.15) is 11.6 Å². The number of hydrogen-bond acceptors (Lipinski definition) is 4. The van der Waals surface area contributed by atoms with E-state index in [-0.39, 0.29) is 12.6 Å². The van der Waals surface area contributed by atoms with Crippen LogP contribution < -0.4 is 11.1 Å². The number of aliphatic hydroxyl groups is 1. The van der Waals surface area contributed by atoms with Crippen molar-refractivity contribution in [2.24, 2.45) is 0 Å². The van der Waals surface area contributed by atoms with Gasteiger partial charge in [0.15, 0.2) is 0 Å². The van der Waals surface area contributed by atoms with Gasteiger partial charge in [0.25, 0.3) is 0 Å². The Morgan fingerprint density at radius 1 is 1.41 bits per heavy atom. The first-order valence-electron chi connectivity index (χ1n) is 5.83. The Hall–Kier alpha value is -0.810. The molecule has 0 bridgehead atoms. The summed E-state index contributed by atoms with van der Waals surface area (Å²) in [5.74, 6) is 0. The molecule has 4 N–H and O–H groups in total. The van der Waals surface area contributed by atoms with E-state index in [1.165, 1.54) is 0 Å². The minimum absolute atomic E-state index is 0.0594. The highest BCUT2D eigenvalue weighted by molar-refractivity contribution is 6.30. The largest absolute Gasteiger partial charge is 0.398 e. The minimum atomic E-state index is -0.0594. The molecule has 2 rings (SSSR count). The van der Waals surface area contributed by atoms with Gasteiger partial charge in [-0.1, -0.05) is 11.6 Å². The Balaban J connectivity index is 2.24. The zero-order valence-electron chi connectivity index (χ0n) is 9.69. The van der Waals surface area contributed by atoms with Crippen LogP contribution in [0.4, 0.5) is 5.69 Å². The molecule has 1 aromatic carbocycles. The molecule has 4 nitrogen and oxygen atoms in total. The maximum Gasteiger partial charge on any atom is 0.0629 e. The van der Waals surface area contributed by atoms with Crippen molar-refractivity contribution in [1.29, 1.82) is 0 Å². The highest BCUT2D eigenvalue weighted by Crippen LogP contribution is 2.28. The third-order valence-electron chi connectivity index (χ3n) is 3.17. The van der Waals surface area contributed by atoms with Crippen molar-refractivity contribution < 1.29 is 5.11 Å². The van der Waals surface area contributed by atoms with Crippen molar-refractivity contribution in [3.05, 3.63) is 28.8 Å². The van der Waals surface area contributed by atoms with E-state index in [1.54, 1.807) is 12.1 Å². The molecule has 0 saturated carbocycles. The topological polar surface area (TPSA) is 61.5 Å². The van der Waals surface area contributed by atoms with Gasteiger partial charge in [-0.25, -0.2) is 0 Å². The van der Waals surface area contributed by atoms with Gasteiger partial charge in [0, 0.05) is 36.9 Å². The average molecular weight is 256 g/mol. The summed E-state index contributed by atoms with van der Waals surface area (Å²) in [6, 6.07) is 5.35. The van der Waals surface area contributed by atoms with Crippen molar-refractivity contribution >= 4 is 17.3 Å². The first-order chi connectivity index (χ1) is 8.22. The monoisotopic (exact) mass is 255 g/mol. The first kappa shape index (κ1) is 12.6. The number of piperazine rings is 1. The van der Waals surface area contributed by atoms with Gasteiger partial charge >= 0.3 is 0 Å². The second kappa shape index (κ2) is 5.69. The van der Waals surface area contributed by atoms with E-state index < -0.39 is 0 Å². The maximum absolute atomic E-state index is 9.59. The number of hydrogen-bond donors (Lipinski definition) is 3. The van der Waals surface area contributed by atoms with E-state index >= 15 is 0 Å². The number of nitrogens with zero attached hydrogens (tertiary/aromatic N) is 1. The Kier molecular flexibility index (Phi) is 4.23. The fourth-order valence-corrected chi connectivity index (χ4v) is 2.42. The molecule has 1 aliphatic heterocycles. The number of nitrogens with two attached hydrogens (primary N) is 1. The SMILES string of the molecule is Nc1ccc(Cl)cc1[C@H](CO)N1CCNCC1. The summed E-state index contributed by atoms with van der Waals surface area (Å²) >= 11 is 5.99. The zero-order valence-corrected chi connectivity index (χ0v) is 10.5. The average Bonchev–Trinajstić information content (AvgIpc) is 2.36. The van der Waals surface area contributed by atoms with Crippen LogP contribution in [0.25, 0.3) is 0 Å². The third-order valence-corrected chi connectivity index (χ3v) is 3.41. The fraction of sp³-hybridized carbons (Fsp3) is 0.500. The summed E-state index contributed by atoms with van der Waals surface area (Å²) in [4.78, 5) is 2.23. The van der Waals surface area contributed by atoms with Gasteiger partial charge in [0.2, 0.25) is 0 Å². The first-order valence-corrected chi connectivity index (χ1v) is 6.20. The summed E-state index contributed by atoms with van der Waals surface area (Å²) < 4.78 is 0. The summed E-state index contributed by atoms with van der Waals surface area (Å²) in [6.45, 7) is 3.77. The van der Waals surface area contributed by atoms with E-state index in [2.05, 4.69) is 10.2 Å². The smallest absolute Gasteiger partial charge is 0.0629 e. The standard InChI is InChI=1S/C12H18ClN3O/c13-9-1-2-11(14)10(7-9)12(8-17)16-5-3-15-4-6-16/h1-2,7,12,15,17H,3-6,8,14H2/t12-/m0/s1. The van der Waals surface area contributed by atoms with Crippen LogP contribution in [0.15, 0.2) is 18.2 Å². The predicted octanol–water partition coefficient (Wildman–Crippen LogP) is 0.861. The van der Waals surface area contributed by atoms with Crippen molar-refractivity contribution in [3.8, 4) is 0 Å². The van der Waals surface area contributed by atoms with Crippen LogP contribution in [0, 0.1) is 0 Å². The lowest BCUT2D eigenvalue weighted by atomic mass is 10.0. The summed E-state index contributed by atoms with van der Waals surface area (Å²) in [5, 5.41) is 13.5. The Morgan fingerprint density at radius 2 is 2.12 bits per heavy atom. The molecule has 0 aromatic heterocycles. The molecule has 5 heteroatoms. The van der Waals surface area contributed by atoms with Crippen molar-refractivity contribution in [3.63, 3.8) is 0 Å². The third kappa shape index (κ3) is 2.90. The number of anilines is 1. The summed E-state index contributed by atoms with van der Waals surface area (Å²) in [6.07, 6.45) is 0. The number of nitrogens with one attached hydrogen (secondary N) is 1. The van der Waals surface area contributed by atoms with Gasteiger partial charge in [0.1, 0.15) is 0 Å². The molecule has 0 amide bonds. The van der Waals surface area contributed by atoms with Gasteiger partial charge in [0.05, 0.1) is 12.6 Å². The Labute approximate surface area is 106 Å². The van der Waals surface area contributed by atoms with E-state index in [1.807, 2.05) is 6.07 Å². The van der Waals surface area contributed by atoms with Gasteiger partial charge in [-0.15, -0.1) is 0 Å². The van der Waals surface area contributed by atoms with E-state index in [9.17, 15) is 5.11 Å². The molecule has 0 unspecified atom stereocenters. The van der Waals surface area contributed by atoms with Crippen LogP contribution in [0.3, 0.4) is 0 Å². The molecular formula is C12H18ClN3O. The second-order valence-corrected chi connectivity index (χ2v) is 4.69. The van der Waals surface area contributed by atoms with Gasteiger partial charge < -0.3 is 16.2 Å². The molecule has 0 radical (unpaired) electrons. The molecular weight excluding hydrogens is 238 g/mol. The molecule has 1 saturated heterocycles. The van der Waals surface area contributed by atoms with Crippen molar-refractivity contribution in [2.75, 3.05) is 38.5 Å². The number of rotatable bonds is 3. The number of aliphatic hydroxyl groups excluding tert-OH is 1. The molecule has 1 fully saturated rings. The maximum atomic E-state index is 9.59. The van der Waals surface area contributed by atoms with Crippen LogP contribution in [0.2, 0.25) is 5.02 Å². The van der Waals surface area contributed by atoms with Gasteiger partial charge in [-0.05, 0) is 23.8 Å². The fourth-order valence-electron chi connectivity index (χ4n) is 2.24. The predicted molar refractivity (Wildman–Crippen MR) is 70.1 cm³/mol. The number of nitrogen functional groups attached to an aromatic ring is 1. The summed E-state index contributed by atoms with van der Waals surface area (Å²) in [7, 11) is 0. The lowest BCUT2D eigenvalue weighted by Crippen LogP contribution is -2.46. The number of benzene rings is 1. The molecule has 1 aliphatic rings. The summed E-state index contributed by atoms with van der Waals surface area (Å²) in [5.41, 5.74) is 7.57. The van der Waals surface area contributed by atoms with E-state index in [4.69, 9.17) is 17.3 Å². The molecule has 94 valence electrons. The Bertz CT molecular complexity index is 380. The quantitative estimate of drug-likeness (QED) is 0.702. The highest BCUT2D eigenvalue weighted by Gasteiger charge is 2.23. The molecule has 1 heterocycles. The minimum Gasteiger partial charge on any atom is -0.398 e. The van der Waals surface area contributed by atoms with E-state index in [0.29, 0.717) is 10.7 Å².